The molecule has 0 aromatic carbocycles. The van der Waals surface area contributed by atoms with Gasteiger partial charge in [0.15, 0.2) is 0 Å². The maximum atomic E-state index is 5.58. The maximum Gasteiger partial charge on any atom is 0.124 e. The number of nitrogens with zero attached hydrogens (tertiary/aromatic N) is 2. The number of piperidine rings is 1. The minimum Gasteiger partial charge on any atom is -0.381 e. The molecular formula is C15H24N4O. The van der Waals surface area contributed by atoms with Gasteiger partial charge in [-0.2, -0.15) is 5.10 Å². The first-order chi connectivity index (χ1) is 9.92. The Bertz CT molecular complexity index is 460. The lowest BCUT2D eigenvalue weighted by molar-refractivity contribution is 0.167. The van der Waals surface area contributed by atoms with Gasteiger partial charge in [0.2, 0.25) is 0 Å². The van der Waals surface area contributed by atoms with Crippen LogP contribution >= 0.6 is 0 Å². The van der Waals surface area contributed by atoms with Crippen LogP contribution < -0.4 is 10.6 Å². The Morgan fingerprint density at radius 2 is 2.05 bits per heavy atom. The molecule has 2 saturated heterocycles. The number of hydrogen-bond acceptors (Lipinski definition) is 4. The van der Waals surface area contributed by atoms with E-state index in [0.29, 0.717) is 17.9 Å². The second-order valence-electron chi connectivity index (χ2n) is 6.33. The van der Waals surface area contributed by atoms with Gasteiger partial charge in [0.1, 0.15) is 5.82 Å². The van der Waals surface area contributed by atoms with Gasteiger partial charge >= 0.3 is 0 Å². The molecule has 0 radical (unpaired) electrons. The molecule has 3 aliphatic heterocycles. The molecule has 4 rings (SSSR count). The smallest absolute Gasteiger partial charge is 0.124 e. The maximum absolute atomic E-state index is 5.58. The fraction of sp³-hybridized carbons (Fsp3) is 0.800. The van der Waals surface area contributed by atoms with E-state index in [1.54, 1.807) is 0 Å². The van der Waals surface area contributed by atoms with Crippen molar-refractivity contribution in [2.24, 2.45) is 5.92 Å². The molecule has 0 spiro atoms. The van der Waals surface area contributed by atoms with Gasteiger partial charge in [-0.1, -0.05) is 0 Å². The standard InChI is InChI=1S/C15H24N4O/c1-5-16-6-2-11(1)13-9-15-17-7-3-14(19(15)18-13)12-4-8-20-10-12/h9,11-12,14,16-17H,1-8,10H2. The first kappa shape index (κ1) is 12.7. The van der Waals surface area contributed by atoms with Gasteiger partial charge in [-0.3, -0.25) is 0 Å². The number of ether oxygens (including phenoxy) is 1. The van der Waals surface area contributed by atoms with Crippen molar-refractivity contribution >= 4 is 5.82 Å². The van der Waals surface area contributed by atoms with Crippen LogP contribution in [0.5, 0.6) is 0 Å². The van der Waals surface area contributed by atoms with Crippen LogP contribution in [0.15, 0.2) is 6.07 Å². The molecule has 5 nitrogen and oxygen atoms in total. The zero-order valence-electron chi connectivity index (χ0n) is 12.0. The Morgan fingerprint density at radius 3 is 2.85 bits per heavy atom. The molecule has 3 aliphatic rings. The van der Waals surface area contributed by atoms with Crippen LogP contribution in [0.25, 0.3) is 0 Å². The van der Waals surface area contributed by atoms with Crippen molar-refractivity contribution < 1.29 is 4.74 Å². The summed E-state index contributed by atoms with van der Waals surface area (Å²) >= 11 is 0. The number of rotatable bonds is 2. The molecule has 0 aliphatic carbocycles. The van der Waals surface area contributed by atoms with Gasteiger partial charge in [0, 0.05) is 31.1 Å². The predicted octanol–water partition coefficient (Wildman–Crippen LogP) is 1.74. The topological polar surface area (TPSA) is 51.1 Å². The highest BCUT2D eigenvalue weighted by molar-refractivity contribution is 5.40. The molecule has 2 fully saturated rings. The van der Waals surface area contributed by atoms with Crippen LogP contribution in [0.1, 0.15) is 43.3 Å². The van der Waals surface area contributed by atoms with E-state index >= 15 is 0 Å². The highest BCUT2D eigenvalue weighted by Crippen LogP contribution is 2.36. The SMILES string of the molecule is c1c(C2CCNCC2)nn2c1NCCC2C1CCOC1. The molecule has 5 heteroatoms. The summed E-state index contributed by atoms with van der Waals surface area (Å²) in [6, 6.07) is 2.82. The number of nitrogens with one attached hydrogen (secondary N) is 2. The summed E-state index contributed by atoms with van der Waals surface area (Å²) in [6.07, 6.45) is 4.79. The summed E-state index contributed by atoms with van der Waals surface area (Å²) in [5, 5.41) is 11.9. The van der Waals surface area contributed by atoms with Gasteiger partial charge in [-0.15, -0.1) is 0 Å². The van der Waals surface area contributed by atoms with Crippen molar-refractivity contribution in [3.05, 3.63) is 11.8 Å². The second-order valence-corrected chi connectivity index (χ2v) is 6.33. The number of aromatic nitrogens is 2. The lowest BCUT2D eigenvalue weighted by Crippen LogP contribution is -2.29. The number of hydrogen-bond donors (Lipinski definition) is 2. The average Bonchev–Trinajstić information content (AvgIpc) is 3.17. The van der Waals surface area contributed by atoms with Crippen LogP contribution in [0, 0.1) is 5.92 Å². The van der Waals surface area contributed by atoms with E-state index in [1.165, 1.54) is 37.2 Å². The lowest BCUT2D eigenvalue weighted by atomic mass is 9.94. The Morgan fingerprint density at radius 1 is 1.15 bits per heavy atom. The summed E-state index contributed by atoms with van der Waals surface area (Å²) in [7, 11) is 0. The van der Waals surface area contributed by atoms with Crippen LogP contribution in [-0.2, 0) is 4.74 Å². The molecular weight excluding hydrogens is 252 g/mol. The van der Waals surface area contributed by atoms with Crippen molar-refractivity contribution in [3.63, 3.8) is 0 Å². The fourth-order valence-electron chi connectivity index (χ4n) is 3.88. The summed E-state index contributed by atoms with van der Waals surface area (Å²) in [4.78, 5) is 0. The normalized spacial score (nSPS) is 31.0. The lowest BCUT2D eigenvalue weighted by Gasteiger charge is -2.29. The highest BCUT2D eigenvalue weighted by atomic mass is 16.5. The van der Waals surface area contributed by atoms with Crippen molar-refractivity contribution in [1.29, 1.82) is 0 Å². The summed E-state index contributed by atoms with van der Waals surface area (Å²) < 4.78 is 7.84. The third kappa shape index (κ3) is 2.23. The molecule has 1 aromatic rings. The zero-order chi connectivity index (χ0) is 13.4. The monoisotopic (exact) mass is 276 g/mol. The van der Waals surface area contributed by atoms with E-state index in [1.807, 2.05) is 0 Å². The molecule has 1 aromatic heterocycles. The van der Waals surface area contributed by atoms with Crippen molar-refractivity contribution in [2.75, 3.05) is 38.2 Å². The Kier molecular flexibility index (Phi) is 3.40. The average molecular weight is 276 g/mol. The highest BCUT2D eigenvalue weighted by Gasteiger charge is 2.32. The third-order valence-electron chi connectivity index (χ3n) is 5.08. The largest absolute Gasteiger partial charge is 0.381 e. The number of fused-ring (bicyclic) bond motifs is 1. The summed E-state index contributed by atoms with van der Waals surface area (Å²) in [5.41, 5.74) is 1.29. The minimum atomic E-state index is 0.532. The predicted molar refractivity (Wildman–Crippen MR) is 78.1 cm³/mol. The van der Waals surface area contributed by atoms with Crippen LogP contribution in [0.3, 0.4) is 0 Å². The summed E-state index contributed by atoms with van der Waals surface area (Å²) in [6.45, 7) is 5.15. The fourth-order valence-corrected chi connectivity index (χ4v) is 3.88. The molecule has 2 atom stereocenters. The van der Waals surface area contributed by atoms with E-state index in [-0.39, 0.29) is 0 Å². The van der Waals surface area contributed by atoms with Gasteiger partial charge in [-0.25, -0.2) is 4.68 Å². The summed E-state index contributed by atoms with van der Waals surface area (Å²) in [5.74, 6) is 2.51. The van der Waals surface area contributed by atoms with E-state index in [0.717, 1.165) is 32.8 Å². The molecule has 4 heterocycles. The van der Waals surface area contributed by atoms with Crippen LogP contribution in [0.2, 0.25) is 0 Å². The Labute approximate surface area is 120 Å². The molecule has 20 heavy (non-hydrogen) atoms. The van der Waals surface area contributed by atoms with Crippen LogP contribution in [-0.4, -0.2) is 42.6 Å². The quantitative estimate of drug-likeness (QED) is 0.864. The van der Waals surface area contributed by atoms with Crippen molar-refractivity contribution in [1.82, 2.24) is 15.1 Å². The Balaban J connectivity index is 1.59. The van der Waals surface area contributed by atoms with Gasteiger partial charge in [0.25, 0.3) is 0 Å². The molecule has 0 amide bonds. The van der Waals surface area contributed by atoms with Crippen LogP contribution in [0.4, 0.5) is 5.82 Å². The van der Waals surface area contributed by atoms with E-state index < -0.39 is 0 Å². The van der Waals surface area contributed by atoms with E-state index in [4.69, 9.17) is 9.84 Å². The second kappa shape index (κ2) is 5.37. The number of anilines is 1. The third-order valence-corrected chi connectivity index (χ3v) is 5.08. The Hall–Kier alpha value is -1.07. The van der Waals surface area contributed by atoms with Gasteiger partial charge < -0.3 is 15.4 Å². The molecule has 2 N–H and O–H groups in total. The zero-order valence-corrected chi connectivity index (χ0v) is 12.0. The first-order valence-electron chi connectivity index (χ1n) is 8.03. The minimum absolute atomic E-state index is 0.532. The molecule has 0 bridgehead atoms. The van der Waals surface area contributed by atoms with Gasteiger partial charge in [0.05, 0.1) is 18.3 Å². The molecule has 110 valence electrons. The van der Waals surface area contributed by atoms with Gasteiger partial charge in [-0.05, 0) is 38.8 Å². The molecule has 0 saturated carbocycles. The molecule has 2 unspecified atom stereocenters. The van der Waals surface area contributed by atoms with E-state index in [2.05, 4.69) is 21.4 Å². The van der Waals surface area contributed by atoms with Crippen molar-refractivity contribution in [3.8, 4) is 0 Å². The first-order valence-corrected chi connectivity index (χ1v) is 8.03. The van der Waals surface area contributed by atoms with Crippen molar-refractivity contribution in [2.45, 2.75) is 37.6 Å². The van der Waals surface area contributed by atoms with E-state index in [9.17, 15) is 0 Å².